The fraction of sp³-hybridized carbons (Fsp3) is 0.786. The van der Waals surface area contributed by atoms with E-state index in [1.807, 2.05) is 11.8 Å². The summed E-state index contributed by atoms with van der Waals surface area (Å²) < 4.78 is 0. The Morgan fingerprint density at radius 2 is 2.00 bits per heavy atom. The lowest BCUT2D eigenvalue weighted by atomic mass is 9.98. The summed E-state index contributed by atoms with van der Waals surface area (Å²) in [6.45, 7) is 6.76. The first kappa shape index (κ1) is 14.8. The van der Waals surface area contributed by atoms with E-state index in [9.17, 15) is 14.9 Å². The number of nitrogens with one attached hydrogen (secondary N) is 2. The third-order valence-electron chi connectivity index (χ3n) is 4.35. The summed E-state index contributed by atoms with van der Waals surface area (Å²) in [6, 6.07) is 2.24. The normalized spacial score (nSPS) is 22.8. The molecule has 0 aromatic heterocycles. The summed E-state index contributed by atoms with van der Waals surface area (Å²) in [5.74, 6) is 0.340. The summed E-state index contributed by atoms with van der Waals surface area (Å²) in [5, 5.41) is 12.1. The van der Waals surface area contributed by atoms with Crippen molar-refractivity contribution in [2.75, 3.05) is 32.7 Å². The van der Waals surface area contributed by atoms with Gasteiger partial charge in [0.05, 0.1) is 32.2 Å². The van der Waals surface area contributed by atoms with Gasteiger partial charge in [0.25, 0.3) is 5.91 Å². The van der Waals surface area contributed by atoms with Gasteiger partial charge in [-0.05, 0) is 25.7 Å². The van der Waals surface area contributed by atoms with E-state index in [-0.39, 0.29) is 11.8 Å². The lowest BCUT2D eigenvalue weighted by Gasteiger charge is -2.32. The van der Waals surface area contributed by atoms with Crippen LogP contribution in [0.1, 0.15) is 26.7 Å². The minimum atomic E-state index is -0.711. The molecule has 0 radical (unpaired) electrons. The van der Waals surface area contributed by atoms with Gasteiger partial charge >= 0.3 is 0 Å². The van der Waals surface area contributed by atoms with Crippen molar-refractivity contribution in [3.05, 3.63) is 0 Å². The first-order chi connectivity index (χ1) is 9.44. The number of carbonyl (C=O) groups is 2. The Balaban J connectivity index is 1.78. The summed E-state index contributed by atoms with van der Waals surface area (Å²) >= 11 is 0. The highest BCUT2D eigenvalue weighted by molar-refractivity contribution is 5.78. The molecule has 2 fully saturated rings. The van der Waals surface area contributed by atoms with Crippen molar-refractivity contribution in [2.24, 2.45) is 5.92 Å². The quantitative estimate of drug-likeness (QED) is 0.660. The van der Waals surface area contributed by atoms with Crippen molar-refractivity contribution in [3.8, 4) is 6.07 Å². The van der Waals surface area contributed by atoms with E-state index in [0.717, 1.165) is 25.9 Å². The summed E-state index contributed by atoms with van der Waals surface area (Å²) in [5.41, 5.74) is -0.711. The number of hydrogen-bond acceptors (Lipinski definition) is 3. The van der Waals surface area contributed by atoms with Gasteiger partial charge in [-0.15, -0.1) is 0 Å². The third kappa shape index (κ3) is 3.48. The third-order valence-corrected chi connectivity index (χ3v) is 4.35. The molecule has 20 heavy (non-hydrogen) atoms. The van der Waals surface area contributed by atoms with E-state index in [0.29, 0.717) is 25.6 Å². The minimum absolute atomic E-state index is 0.0628. The molecule has 1 heterocycles. The molecule has 2 N–H and O–H groups in total. The highest BCUT2D eigenvalue weighted by atomic mass is 16.2. The lowest BCUT2D eigenvalue weighted by molar-refractivity contribution is -0.896. The van der Waals surface area contributed by atoms with Crippen LogP contribution in [0, 0.1) is 17.2 Å². The Kier molecular flexibility index (Phi) is 4.29. The van der Waals surface area contributed by atoms with Crippen LogP contribution in [-0.2, 0) is 9.59 Å². The van der Waals surface area contributed by atoms with Gasteiger partial charge in [-0.3, -0.25) is 9.59 Å². The molecular weight excluding hydrogens is 256 g/mol. The molecule has 2 aliphatic rings. The van der Waals surface area contributed by atoms with Crippen molar-refractivity contribution in [2.45, 2.75) is 32.2 Å². The Hall–Kier alpha value is -1.61. The first-order valence-electron chi connectivity index (χ1n) is 7.26. The van der Waals surface area contributed by atoms with Gasteiger partial charge < -0.3 is 15.1 Å². The largest absolute Gasteiger partial charge is 0.333 e. The van der Waals surface area contributed by atoms with E-state index >= 15 is 0 Å². The number of nitrogens with zero attached hydrogens (tertiary/aromatic N) is 2. The van der Waals surface area contributed by atoms with Gasteiger partial charge in [-0.1, -0.05) is 0 Å². The molecule has 0 bridgehead atoms. The molecule has 1 saturated heterocycles. The van der Waals surface area contributed by atoms with Crippen LogP contribution in [0.3, 0.4) is 0 Å². The smallest absolute Gasteiger partial charge is 0.276 e. The van der Waals surface area contributed by atoms with Crippen LogP contribution >= 0.6 is 0 Å². The average Bonchev–Trinajstić information content (AvgIpc) is 3.23. The maximum atomic E-state index is 12.1. The molecule has 6 heteroatoms. The molecule has 2 amide bonds. The molecule has 1 aliphatic carbocycles. The standard InChI is InChI=1S/C14H22N4O2/c1-11(19)18-7-5-17(6-8-18)9-13(20)16-14(2,10-15)12-3-4-12/h12H,3-9H2,1-2H3,(H,16,20)/p+1/t14-/m0/s1. The summed E-state index contributed by atoms with van der Waals surface area (Å²) in [6.07, 6.45) is 2.04. The number of quaternary nitrogens is 1. The van der Waals surface area contributed by atoms with Crippen LogP contribution in [0.2, 0.25) is 0 Å². The van der Waals surface area contributed by atoms with Crippen molar-refractivity contribution < 1.29 is 14.5 Å². The van der Waals surface area contributed by atoms with Crippen LogP contribution < -0.4 is 10.2 Å². The second-order valence-electron chi connectivity index (χ2n) is 6.07. The van der Waals surface area contributed by atoms with Crippen LogP contribution in [0.4, 0.5) is 0 Å². The van der Waals surface area contributed by atoms with Gasteiger partial charge in [0.15, 0.2) is 6.54 Å². The molecule has 6 nitrogen and oxygen atoms in total. The molecule has 0 aromatic rings. The SMILES string of the molecule is CC(=O)N1CC[NH+](CC(=O)N[C@@](C)(C#N)C2CC2)CC1. The van der Waals surface area contributed by atoms with Crippen molar-refractivity contribution >= 4 is 11.8 Å². The van der Waals surface area contributed by atoms with Crippen molar-refractivity contribution in [1.82, 2.24) is 10.2 Å². The van der Waals surface area contributed by atoms with Gasteiger partial charge in [-0.25, -0.2) is 0 Å². The molecule has 1 aliphatic heterocycles. The molecule has 1 atom stereocenters. The van der Waals surface area contributed by atoms with Gasteiger partial charge in [0.1, 0.15) is 5.54 Å². The molecule has 1 saturated carbocycles. The van der Waals surface area contributed by atoms with Gasteiger partial charge in [-0.2, -0.15) is 5.26 Å². The van der Waals surface area contributed by atoms with Crippen LogP contribution in [0.15, 0.2) is 0 Å². The number of carbonyl (C=O) groups excluding carboxylic acids is 2. The van der Waals surface area contributed by atoms with Gasteiger partial charge in [0.2, 0.25) is 5.91 Å². The Bertz CT molecular complexity index is 433. The molecule has 2 rings (SSSR count). The molecule has 0 spiro atoms. The monoisotopic (exact) mass is 279 g/mol. The minimum Gasteiger partial charge on any atom is -0.333 e. The van der Waals surface area contributed by atoms with E-state index in [2.05, 4.69) is 11.4 Å². The molecular formula is C14H23N4O2+. The Morgan fingerprint density at radius 3 is 2.45 bits per heavy atom. The lowest BCUT2D eigenvalue weighted by Crippen LogP contribution is -3.16. The fourth-order valence-electron chi connectivity index (χ4n) is 2.76. The second kappa shape index (κ2) is 5.80. The van der Waals surface area contributed by atoms with Crippen LogP contribution in [0.5, 0.6) is 0 Å². The number of nitriles is 1. The zero-order chi connectivity index (χ0) is 14.8. The number of piperazine rings is 1. The number of hydrogen-bond donors (Lipinski definition) is 2. The molecule has 110 valence electrons. The fourth-order valence-corrected chi connectivity index (χ4v) is 2.76. The zero-order valence-electron chi connectivity index (χ0n) is 12.2. The molecule has 0 unspecified atom stereocenters. The summed E-state index contributed by atoms with van der Waals surface area (Å²) in [4.78, 5) is 26.3. The van der Waals surface area contributed by atoms with Crippen molar-refractivity contribution in [1.29, 1.82) is 5.26 Å². The maximum absolute atomic E-state index is 12.1. The number of rotatable bonds is 4. The van der Waals surface area contributed by atoms with E-state index in [1.54, 1.807) is 6.92 Å². The van der Waals surface area contributed by atoms with E-state index < -0.39 is 5.54 Å². The number of amides is 2. The second-order valence-corrected chi connectivity index (χ2v) is 6.07. The molecule has 0 aromatic carbocycles. The van der Waals surface area contributed by atoms with Crippen molar-refractivity contribution in [3.63, 3.8) is 0 Å². The van der Waals surface area contributed by atoms with E-state index in [4.69, 9.17) is 0 Å². The van der Waals surface area contributed by atoms with E-state index in [1.165, 1.54) is 4.90 Å². The van der Waals surface area contributed by atoms with Crippen LogP contribution in [0.25, 0.3) is 0 Å². The highest BCUT2D eigenvalue weighted by Gasteiger charge is 2.43. The Morgan fingerprint density at radius 1 is 1.40 bits per heavy atom. The van der Waals surface area contributed by atoms with Gasteiger partial charge in [0, 0.05) is 6.92 Å². The predicted molar refractivity (Wildman–Crippen MR) is 72.7 cm³/mol. The van der Waals surface area contributed by atoms with Crippen LogP contribution in [-0.4, -0.2) is 55.0 Å². The topological polar surface area (TPSA) is 77.6 Å². The Labute approximate surface area is 119 Å². The highest BCUT2D eigenvalue weighted by Crippen LogP contribution is 2.39. The predicted octanol–water partition coefficient (Wildman–Crippen LogP) is -1.46. The maximum Gasteiger partial charge on any atom is 0.276 e. The summed E-state index contributed by atoms with van der Waals surface area (Å²) in [7, 11) is 0. The zero-order valence-corrected chi connectivity index (χ0v) is 12.2. The first-order valence-corrected chi connectivity index (χ1v) is 7.26. The average molecular weight is 279 g/mol.